The number of hydrogen-bond acceptors (Lipinski definition) is 2. The molecule has 3 rings (SSSR count). The first-order chi connectivity index (χ1) is 11.0. The molecule has 2 amide bonds. The molecule has 1 aliphatic rings. The van der Waals surface area contributed by atoms with Gasteiger partial charge in [-0.15, -0.1) is 0 Å². The standard InChI is InChI=1S/C18H17FN2O2/c1-11-9-14(19)7-8-16(11)20-17(22)12(2)21-10-13-5-3-4-6-15(13)18(21)23/h3-9,12H,10H2,1-2H3,(H,20,22). The minimum Gasteiger partial charge on any atom is -0.324 e. The molecule has 0 radical (unpaired) electrons. The number of carbonyl (C=O) groups is 2. The fourth-order valence-corrected chi connectivity index (χ4v) is 2.74. The molecule has 0 bridgehead atoms. The summed E-state index contributed by atoms with van der Waals surface area (Å²) in [6, 6.07) is 10.9. The molecular weight excluding hydrogens is 295 g/mol. The highest BCUT2D eigenvalue weighted by Crippen LogP contribution is 2.25. The Morgan fingerprint density at radius 2 is 2.00 bits per heavy atom. The maximum atomic E-state index is 13.1. The van der Waals surface area contributed by atoms with Crippen LogP contribution in [0.3, 0.4) is 0 Å². The van der Waals surface area contributed by atoms with E-state index in [0.29, 0.717) is 23.4 Å². The molecule has 2 aromatic carbocycles. The Kier molecular flexibility index (Phi) is 3.86. The van der Waals surface area contributed by atoms with Gasteiger partial charge < -0.3 is 10.2 Å². The highest BCUT2D eigenvalue weighted by molar-refractivity contribution is 6.03. The van der Waals surface area contributed by atoms with Crippen LogP contribution in [0.5, 0.6) is 0 Å². The number of benzene rings is 2. The Morgan fingerprint density at radius 1 is 1.26 bits per heavy atom. The number of halogens is 1. The molecule has 0 saturated heterocycles. The smallest absolute Gasteiger partial charge is 0.255 e. The van der Waals surface area contributed by atoms with E-state index < -0.39 is 6.04 Å². The van der Waals surface area contributed by atoms with E-state index in [0.717, 1.165) is 5.56 Å². The molecule has 2 aromatic rings. The minimum atomic E-state index is -0.612. The summed E-state index contributed by atoms with van der Waals surface area (Å²) in [6.07, 6.45) is 0. The van der Waals surface area contributed by atoms with Crippen LogP contribution >= 0.6 is 0 Å². The molecular formula is C18H17FN2O2. The Balaban J connectivity index is 1.75. The van der Waals surface area contributed by atoms with Gasteiger partial charge in [0, 0.05) is 17.8 Å². The largest absolute Gasteiger partial charge is 0.324 e. The van der Waals surface area contributed by atoms with Gasteiger partial charge in [0.2, 0.25) is 5.91 Å². The third kappa shape index (κ3) is 2.82. The van der Waals surface area contributed by atoms with Crippen molar-refractivity contribution in [2.24, 2.45) is 0 Å². The average Bonchev–Trinajstić information content (AvgIpc) is 2.87. The van der Waals surface area contributed by atoms with Gasteiger partial charge in [-0.25, -0.2) is 4.39 Å². The number of nitrogens with zero attached hydrogens (tertiary/aromatic N) is 1. The summed E-state index contributed by atoms with van der Waals surface area (Å²) in [4.78, 5) is 26.4. The second-order valence-corrected chi connectivity index (χ2v) is 5.71. The van der Waals surface area contributed by atoms with Gasteiger partial charge in [-0.05, 0) is 49.2 Å². The fourth-order valence-electron chi connectivity index (χ4n) is 2.74. The maximum Gasteiger partial charge on any atom is 0.255 e. The number of carbonyl (C=O) groups excluding carboxylic acids is 2. The Labute approximate surface area is 133 Å². The lowest BCUT2D eigenvalue weighted by Gasteiger charge is -2.23. The summed E-state index contributed by atoms with van der Waals surface area (Å²) in [5.41, 5.74) is 2.76. The van der Waals surface area contributed by atoms with E-state index in [-0.39, 0.29) is 17.6 Å². The summed E-state index contributed by atoms with van der Waals surface area (Å²) < 4.78 is 13.1. The Hall–Kier alpha value is -2.69. The number of fused-ring (bicyclic) bond motifs is 1. The predicted octanol–water partition coefficient (Wildman–Crippen LogP) is 3.12. The highest BCUT2D eigenvalue weighted by Gasteiger charge is 2.33. The topological polar surface area (TPSA) is 49.4 Å². The minimum absolute atomic E-state index is 0.140. The maximum absolute atomic E-state index is 13.1. The summed E-state index contributed by atoms with van der Waals surface area (Å²) in [6.45, 7) is 3.84. The van der Waals surface area contributed by atoms with E-state index in [9.17, 15) is 14.0 Å². The van der Waals surface area contributed by atoms with Gasteiger partial charge in [-0.2, -0.15) is 0 Å². The first-order valence-corrected chi connectivity index (χ1v) is 7.43. The van der Waals surface area contributed by atoms with Crippen molar-refractivity contribution in [1.29, 1.82) is 0 Å². The molecule has 1 aliphatic heterocycles. The van der Waals surface area contributed by atoms with E-state index in [1.807, 2.05) is 18.2 Å². The van der Waals surface area contributed by atoms with Crippen molar-refractivity contribution >= 4 is 17.5 Å². The van der Waals surface area contributed by atoms with Crippen molar-refractivity contribution in [3.05, 3.63) is 65.0 Å². The molecule has 1 heterocycles. The lowest BCUT2D eigenvalue weighted by Crippen LogP contribution is -2.42. The number of amides is 2. The Morgan fingerprint density at radius 3 is 2.70 bits per heavy atom. The SMILES string of the molecule is Cc1cc(F)ccc1NC(=O)C(C)N1Cc2ccccc2C1=O. The van der Waals surface area contributed by atoms with E-state index in [1.165, 1.54) is 18.2 Å². The monoisotopic (exact) mass is 312 g/mol. The summed E-state index contributed by atoms with van der Waals surface area (Å²) in [7, 11) is 0. The third-order valence-corrected chi connectivity index (χ3v) is 4.14. The highest BCUT2D eigenvalue weighted by atomic mass is 19.1. The van der Waals surface area contributed by atoms with Crippen LogP contribution < -0.4 is 5.32 Å². The van der Waals surface area contributed by atoms with Crippen molar-refractivity contribution in [2.75, 3.05) is 5.32 Å². The van der Waals surface area contributed by atoms with Gasteiger partial charge in [0.25, 0.3) is 5.91 Å². The molecule has 0 spiro atoms. The fraction of sp³-hybridized carbons (Fsp3) is 0.222. The molecule has 0 saturated carbocycles. The lowest BCUT2D eigenvalue weighted by atomic mass is 10.1. The predicted molar refractivity (Wildman–Crippen MR) is 85.5 cm³/mol. The van der Waals surface area contributed by atoms with Crippen LogP contribution in [0.2, 0.25) is 0 Å². The van der Waals surface area contributed by atoms with Crippen LogP contribution in [0.15, 0.2) is 42.5 Å². The normalized spacial score (nSPS) is 14.6. The van der Waals surface area contributed by atoms with Gasteiger partial charge in [0.05, 0.1) is 0 Å². The quantitative estimate of drug-likeness (QED) is 0.946. The molecule has 5 heteroatoms. The van der Waals surface area contributed by atoms with Crippen LogP contribution in [-0.2, 0) is 11.3 Å². The first kappa shape index (κ1) is 15.2. The Bertz CT molecular complexity index is 788. The summed E-state index contributed by atoms with van der Waals surface area (Å²) >= 11 is 0. The molecule has 1 unspecified atom stereocenters. The van der Waals surface area contributed by atoms with Gasteiger partial charge in [0.1, 0.15) is 11.9 Å². The first-order valence-electron chi connectivity index (χ1n) is 7.43. The van der Waals surface area contributed by atoms with Gasteiger partial charge in [-0.1, -0.05) is 18.2 Å². The second-order valence-electron chi connectivity index (χ2n) is 5.71. The molecule has 1 atom stereocenters. The lowest BCUT2D eigenvalue weighted by molar-refractivity contribution is -0.120. The van der Waals surface area contributed by atoms with Crippen LogP contribution in [0.4, 0.5) is 10.1 Å². The van der Waals surface area contributed by atoms with E-state index in [2.05, 4.69) is 5.32 Å². The van der Waals surface area contributed by atoms with Gasteiger partial charge >= 0.3 is 0 Å². The molecule has 0 aliphatic carbocycles. The van der Waals surface area contributed by atoms with Gasteiger partial charge in [0.15, 0.2) is 0 Å². The summed E-state index contributed by atoms with van der Waals surface area (Å²) in [5, 5.41) is 2.76. The molecule has 4 nitrogen and oxygen atoms in total. The van der Waals surface area contributed by atoms with Crippen molar-refractivity contribution in [3.8, 4) is 0 Å². The van der Waals surface area contributed by atoms with Crippen molar-refractivity contribution < 1.29 is 14.0 Å². The van der Waals surface area contributed by atoms with Gasteiger partial charge in [-0.3, -0.25) is 9.59 Å². The number of nitrogens with one attached hydrogen (secondary N) is 1. The van der Waals surface area contributed by atoms with Crippen molar-refractivity contribution in [2.45, 2.75) is 26.4 Å². The van der Waals surface area contributed by atoms with Crippen LogP contribution in [0.1, 0.15) is 28.4 Å². The van der Waals surface area contributed by atoms with Crippen LogP contribution in [-0.4, -0.2) is 22.8 Å². The van der Waals surface area contributed by atoms with Crippen LogP contribution in [0, 0.1) is 12.7 Å². The molecule has 23 heavy (non-hydrogen) atoms. The number of aryl methyl sites for hydroxylation is 1. The molecule has 118 valence electrons. The number of rotatable bonds is 3. The van der Waals surface area contributed by atoms with E-state index >= 15 is 0 Å². The molecule has 0 aromatic heterocycles. The van der Waals surface area contributed by atoms with E-state index in [1.54, 1.807) is 24.8 Å². The number of hydrogen-bond donors (Lipinski definition) is 1. The van der Waals surface area contributed by atoms with E-state index in [4.69, 9.17) is 0 Å². The van der Waals surface area contributed by atoms with Crippen LogP contribution in [0.25, 0.3) is 0 Å². The summed E-state index contributed by atoms with van der Waals surface area (Å²) in [5.74, 6) is -0.779. The molecule has 1 N–H and O–H groups in total. The van der Waals surface area contributed by atoms with Crippen molar-refractivity contribution in [1.82, 2.24) is 4.90 Å². The second kappa shape index (κ2) is 5.83. The van der Waals surface area contributed by atoms with Crippen molar-refractivity contribution in [3.63, 3.8) is 0 Å². The zero-order valence-electron chi connectivity index (χ0n) is 13.0. The average molecular weight is 312 g/mol. The molecule has 0 fully saturated rings. The third-order valence-electron chi connectivity index (χ3n) is 4.14. The number of anilines is 1. The zero-order valence-corrected chi connectivity index (χ0v) is 13.0. The zero-order chi connectivity index (χ0) is 16.6.